The third-order valence-electron chi connectivity index (χ3n) is 7.36. The molecule has 0 spiro atoms. The van der Waals surface area contributed by atoms with E-state index in [-0.39, 0.29) is 11.1 Å². The van der Waals surface area contributed by atoms with E-state index < -0.39 is 16.1 Å². The van der Waals surface area contributed by atoms with Gasteiger partial charge >= 0.3 is 43.0 Å². The van der Waals surface area contributed by atoms with Gasteiger partial charge in [-0.2, -0.15) is 0 Å². The van der Waals surface area contributed by atoms with Crippen LogP contribution >= 0.6 is 0 Å². The van der Waals surface area contributed by atoms with Gasteiger partial charge in [0, 0.05) is 0 Å². The van der Waals surface area contributed by atoms with E-state index in [4.69, 9.17) is 0 Å². The van der Waals surface area contributed by atoms with Gasteiger partial charge in [0.05, 0.1) is 0 Å². The third-order valence-corrected chi connectivity index (χ3v) is 17.9. The Kier molecular flexibility index (Phi) is 28.3. The molecule has 0 aliphatic rings. The first-order valence-electron chi connectivity index (χ1n) is 14.1. The molecular formula is C29H65N3Si2W-4. The normalized spacial score (nSPS) is 12.0. The van der Waals surface area contributed by atoms with Gasteiger partial charge in [0.15, 0.2) is 0 Å². The maximum Gasteiger partial charge on any atom is -0.0663 e. The summed E-state index contributed by atoms with van der Waals surface area (Å²) in [6, 6.07) is 8.63. The molecule has 0 aromatic heterocycles. The van der Waals surface area contributed by atoms with Gasteiger partial charge in [0.25, 0.3) is 0 Å². The first-order chi connectivity index (χ1) is 16.0. The second-order valence-electron chi connectivity index (χ2n) is 11.2. The molecule has 0 radical (unpaired) electrons. The Morgan fingerprint density at radius 2 is 0.857 bits per heavy atom. The van der Waals surface area contributed by atoms with Crippen molar-refractivity contribution in [2.45, 2.75) is 163 Å². The number of nitrogens with zero attached hydrogens (tertiary/aromatic N) is 3. The standard InChI is InChI=1S/C12H24N2.2C7H17Si.C3H7N.W/c1-7-11(3,4)13-9-10-14-12(5,6)8-2;2*1-5-8(4,6-2)7-3;1-3(2)4;/h9-10H,7-8H2,1-6H3;2*4-7H2,1-3H3;3H,1-2H3;/q-2;2*-1;;/b10-9-;;;;. The van der Waals surface area contributed by atoms with Gasteiger partial charge in [-0.05, 0) is 0 Å². The van der Waals surface area contributed by atoms with Gasteiger partial charge < -0.3 is 23.7 Å². The summed E-state index contributed by atoms with van der Waals surface area (Å²) in [6.07, 6.45) is 5.74. The van der Waals surface area contributed by atoms with Crippen LogP contribution < -0.4 is 0 Å². The summed E-state index contributed by atoms with van der Waals surface area (Å²) >= 11 is 1.33. The average molecular weight is 696 g/mol. The van der Waals surface area contributed by atoms with Gasteiger partial charge in [-0.25, -0.2) is 12.4 Å². The summed E-state index contributed by atoms with van der Waals surface area (Å²) in [5.74, 6) is 0. The van der Waals surface area contributed by atoms with Crippen LogP contribution in [-0.4, -0.2) is 33.3 Å². The molecule has 0 heterocycles. The molecule has 0 unspecified atom stereocenters. The summed E-state index contributed by atoms with van der Waals surface area (Å²) < 4.78 is 3.97. The Labute approximate surface area is 237 Å². The quantitative estimate of drug-likeness (QED) is 0.136. The van der Waals surface area contributed by atoms with Crippen LogP contribution in [0, 0.1) is 13.1 Å². The van der Waals surface area contributed by atoms with Crippen LogP contribution in [0.5, 0.6) is 0 Å². The minimum Gasteiger partial charge on any atom is -0.687 e. The Balaban J connectivity index is -0.000000197. The molecule has 3 nitrogen and oxygen atoms in total. The van der Waals surface area contributed by atoms with Gasteiger partial charge in [-0.3, -0.25) is 0 Å². The van der Waals surface area contributed by atoms with Gasteiger partial charge in [-0.15, -0.1) is 11.1 Å². The zero-order valence-corrected chi connectivity index (χ0v) is 31.5. The van der Waals surface area contributed by atoms with E-state index in [1.54, 1.807) is 0 Å². The molecule has 0 amide bonds. The van der Waals surface area contributed by atoms with Crippen molar-refractivity contribution >= 4 is 16.1 Å². The van der Waals surface area contributed by atoms with Gasteiger partial charge in [0.1, 0.15) is 0 Å². The fourth-order valence-corrected chi connectivity index (χ4v) is 5.15. The van der Waals surface area contributed by atoms with E-state index in [1.165, 1.54) is 55.9 Å². The van der Waals surface area contributed by atoms with Crippen LogP contribution in [0.1, 0.15) is 110 Å². The maximum atomic E-state index is 4.44. The maximum absolute atomic E-state index is 4.44. The molecule has 0 saturated carbocycles. The van der Waals surface area contributed by atoms with E-state index in [2.05, 4.69) is 124 Å². The molecule has 214 valence electrons. The molecular weight excluding hydrogens is 630 g/mol. The number of hydrogen-bond acceptors (Lipinski definition) is 1. The van der Waals surface area contributed by atoms with Crippen molar-refractivity contribution in [1.82, 2.24) is 0 Å². The zero-order chi connectivity index (χ0) is 28.8. The summed E-state index contributed by atoms with van der Waals surface area (Å²) in [5, 5.41) is 8.88. The van der Waals surface area contributed by atoms with Crippen LogP contribution in [0.4, 0.5) is 0 Å². The smallest absolute Gasteiger partial charge is 0.0663 e. The molecule has 0 N–H and O–H groups in total. The topological polar surface area (TPSA) is 40.6 Å². The van der Waals surface area contributed by atoms with Crippen LogP contribution in [0.2, 0.25) is 36.3 Å². The molecule has 35 heavy (non-hydrogen) atoms. The minimum absolute atomic E-state index is 0.0440. The summed E-state index contributed by atoms with van der Waals surface area (Å²) in [7, 11) is -1.84. The molecule has 0 bridgehead atoms. The van der Waals surface area contributed by atoms with E-state index in [0.29, 0.717) is 6.04 Å². The van der Waals surface area contributed by atoms with Crippen molar-refractivity contribution in [2.24, 2.45) is 3.50 Å². The van der Waals surface area contributed by atoms with E-state index in [0.717, 1.165) is 12.8 Å². The number of hydrogen-bond donors (Lipinski definition) is 0. The van der Waals surface area contributed by atoms with Crippen LogP contribution in [-0.2, 0) is 19.6 Å². The summed E-state index contributed by atoms with van der Waals surface area (Å²) in [6.45, 7) is 39.1. The van der Waals surface area contributed by atoms with E-state index in [9.17, 15) is 0 Å². The summed E-state index contributed by atoms with van der Waals surface area (Å²) in [5.41, 5.74) is 0.0881. The molecule has 0 aromatic rings. The first kappa shape index (κ1) is 42.4. The fraction of sp³-hybridized carbons (Fsp3) is 0.862. The summed E-state index contributed by atoms with van der Waals surface area (Å²) in [4.78, 5) is 0. The molecule has 0 saturated heterocycles. The molecule has 0 atom stereocenters. The minimum atomic E-state index is -0.921. The molecule has 0 aliphatic heterocycles. The predicted octanol–water partition coefficient (Wildman–Crippen LogP) is 11.4. The monoisotopic (exact) mass is 695 g/mol. The second kappa shape index (κ2) is 23.4. The second-order valence-corrected chi connectivity index (χ2v) is 22.2. The van der Waals surface area contributed by atoms with Crippen molar-refractivity contribution in [3.63, 3.8) is 0 Å². The molecule has 0 rings (SSSR count). The Bertz CT molecular complexity index is 444. The molecule has 6 heteroatoms. The van der Waals surface area contributed by atoms with E-state index >= 15 is 0 Å². The van der Waals surface area contributed by atoms with Crippen LogP contribution in [0.15, 0.2) is 15.9 Å². The Hall–Kier alpha value is 0.262. The Morgan fingerprint density at radius 1 is 0.657 bits per heavy atom. The van der Waals surface area contributed by atoms with Crippen LogP contribution in [0.3, 0.4) is 0 Å². The Morgan fingerprint density at radius 3 is 0.943 bits per heavy atom. The van der Waals surface area contributed by atoms with E-state index in [1.807, 2.05) is 12.4 Å². The van der Waals surface area contributed by atoms with Crippen LogP contribution in [0.25, 0.3) is 10.6 Å². The van der Waals surface area contributed by atoms with Crippen molar-refractivity contribution in [2.75, 3.05) is 0 Å². The number of rotatable bonds is 13. The molecule has 0 aromatic carbocycles. The fourth-order valence-electron chi connectivity index (χ4n) is 2.15. The van der Waals surface area contributed by atoms with Crippen molar-refractivity contribution in [3.8, 4) is 0 Å². The van der Waals surface area contributed by atoms with Crippen molar-refractivity contribution < 1.29 is 19.6 Å². The molecule has 0 fully saturated rings. The average Bonchev–Trinajstić information content (AvgIpc) is 2.86. The molecule has 0 aliphatic carbocycles. The van der Waals surface area contributed by atoms with Crippen molar-refractivity contribution in [3.05, 3.63) is 36.1 Å². The SMILES string of the molecule is CC(C)[N]=[W].CCC(C)(C)[N-]/C=C\[N-]C(C)(C)CC.[CH2-][Si](CC)(CC)CC.[CH2-][Si](CC)(CC)CC. The van der Waals surface area contributed by atoms with Gasteiger partial charge in [0.2, 0.25) is 0 Å². The van der Waals surface area contributed by atoms with Gasteiger partial charge in [-0.1, -0.05) is 148 Å². The first-order valence-corrected chi connectivity index (χ1v) is 21.1. The van der Waals surface area contributed by atoms with Crippen molar-refractivity contribution in [1.29, 1.82) is 0 Å². The zero-order valence-electron chi connectivity index (χ0n) is 26.6. The third kappa shape index (κ3) is 28.7. The largest absolute Gasteiger partial charge is 0.687 e. The predicted molar refractivity (Wildman–Crippen MR) is 167 cm³/mol.